The second kappa shape index (κ2) is 6.34. The summed E-state index contributed by atoms with van der Waals surface area (Å²) in [4.78, 5) is 14.3. The van der Waals surface area contributed by atoms with E-state index in [4.69, 9.17) is 4.52 Å². The average molecular weight is 290 g/mol. The lowest BCUT2D eigenvalue weighted by Gasteiger charge is -2.08. The van der Waals surface area contributed by atoms with E-state index in [1.165, 1.54) is 12.3 Å². The van der Waals surface area contributed by atoms with Crippen LogP contribution in [0.15, 0.2) is 16.8 Å². The zero-order valence-corrected chi connectivity index (χ0v) is 12.3. The Hall–Kier alpha value is -2.44. The molecule has 0 aliphatic carbocycles. The van der Waals surface area contributed by atoms with Crippen LogP contribution in [0.25, 0.3) is 0 Å². The number of nitro groups is 1. The number of aryl methyl sites for hydroxylation is 3. The molecule has 2 rings (SSSR count). The Morgan fingerprint density at radius 3 is 2.71 bits per heavy atom. The van der Waals surface area contributed by atoms with E-state index >= 15 is 0 Å². The van der Waals surface area contributed by atoms with Crippen molar-refractivity contribution in [3.8, 4) is 0 Å². The van der Waals surface area contributed by atoms with Crippen LogP contribution >= 0.6 is 0 Å². The maximum absolute atomic E-state index is 10.7. The first-order valence-corrected chi connectivity index (χ1v) is 6.75. The molecule has 2 aromatic rings. The van der Waals surface area contributed by atoms with Gasteiger partial charge in [-0.05, 0) is 39.2 Å². The molecule has 0 radical (unpaired) electrons. The van der Waals surface area contributed by atoms with Gasteiger partial charge in [-0.25, -0.2) is 4.98 Å². The molecule has 0 bridgehead atoms. The van der Waals surface area contributed by atoms with Crippen molar-refractivity contribution in [1.29, 1.82) is 0 Å². The Morgan fingerprint density at radius 2 is 2.14 bits per heavy atom. The first-order valence-electron chi connectivity index (χ1n) is 6.75. The number of aromatic nitrogens is 2. The van der Waals surface area contributed by atoms with Gasteiger partial charge in [-0.2, -0.15) is 0 Å². The molecule has 1 N–H and O–H groups in total. The Morgan fingerprint density at radius 1 is 1.38 bits per heavy atom. The van der Waals surface area contributed by atoms with Crippen LogP contribution in [0, 0.1) is 30.9 Å². The molecule has 0 unspecified atom stereocenters. The number of hydrogen-bond acceptors (Lipinski definition) is 6. The van der Waals surface area contributed by atoms with Crippen LogP contribution in [0.3, 0.4) is 0 Å². The summed E-state index contributed by atoms with van der Waals surface area (Å²) in [6, 6.07) is 1.52. The van der Waals surface area contributed by atoms with Crippen LogP contribution in [-0.2, 0) is 6.42 Å². The summed E-state index contributed by atoms with van der Waals surface area (Å²) in [5.74, 6) is 1.54. The molecule has 0 saturated carbocycles. The normalized spacial score (nSPS) is 10.6. The summed E-state index contributed by atoms with van der Waals surface area (Å²) in [5.41, 5.74) is 2.85. The SMILES string of the molecule is Cc1cc([N+](=O)[O-])cnc1NCCCc1c(C)noc1C. The van der Waals surface area contributed by atoms with Crippen molar-refractivity contribution in [2.24, 2.45) is 0 Å². The third kappa shape index (κ3) is 3.56. The van der Waals surface area contributed by atoms with Gasteiger partial charge in [0.15, 0.2) is 0 Å². The van der Waals surface area contributed by atoms with E-state index in [1.54, 1.807) is 6.92 Å². The van der Waals surface area contributed by atoms with Crippen molar-refractivity contribution in [2.45, 2.75) is 33.6 Å². The highest BCUT2D eigenvalue weighted by Gasteiger charge is 2.10. The monoisotopic (exact) mass is 290 g/mol. The fourth-order valence-corrected chi connectivity index (χ4v) is 2.18. The van der Waals surface area contributed by atoms with Crippen LogP contribution in [0.2, 0.25) is 0 Å². The van der Waals surface area contributed by atoms with Gasteiger partial charge < -0.3 is 9.84 Å². The van der Waals surface area contributed by atoms with Gasteiger partial charge in [0.25, 0.3) is 5.69 Å². The van der Waals surface area contributed by atoms with Gasteiger partial charge in [0, 0.05) is 18.2 Å². The summed E-state index contributed by atoms with van der Waals surface area (Å²) < 4.78 is 5.12. The van der Waals surface area contributed by atoms with Crippen molar-refractivity contribution < 1.29 is 9.45 Å². The number of nitrogens with zero attached hydrogens (tertiary/aromatic N) is 3. The molecule has 7 heteroatoms. The molecule has 2 heterocycles. The fraction of sp³-hybridized carbons (Fsp3) is 0.429. The van der Waals surface area contributed by atoms with Crippen LogP contribution in [0.1, 0.15) is 29.0 Å². The smallest absolute Gasteiger partial charge is 0.287 e. The average Bonchev–Trinajstić information content (AvgIpc) is 2.76. The first-order chi connectivity index (χ1) is 9.99. The summed E-state index contributed by atoms with van der Waals surface area (Å²) in [6.07, 6.45) is 3.05. The maximum atomic E-state index is 10.7. The standard InChI is InChI=1S/C14H18N4O3/c1-9-7-12(18(19)20)8-16-14(9)15-6-4-5-13-10(2)17-21-11(13)3/h7-8H,4-6H2,1-3H3,(H,15,16). The largest absolute Gasteiger partial charge is 0.370 e. The quantitative estimate of drug-likeness (QED) is 0.499. The first kappa shape index (κ1) is 15.0. The van der Waals surface area contributed by atoms with Crippen molar-refractivity contribution in [3.05, 3.63) is 45.0 Å². The highest BCUT2D eigenvalue weighted by atomic mass is 16.6. The molecule has 0 saturated heterocycles. The van der Waals surface area contributed by atoms with Crippen molar-refractivity contribution >= 4 is 11.5 Å². The van der Waals surface area contributed by atoms with Crippen molar-refractivity contribution in [3.63, 3.8) is 0 Å². The number of hydrogen-bond donors (Lipinski definition) is 1. The van der Waals surface area contributed by atoms with E-state index in [0.29, 0.717) is 5.82 Å². The van der Waals surface area contributed by atoms with Crippen molar-refractivity contribution in [2.75, 3.05) is 11.9 Å². The number of nitrogens with one attached hydrogen (secondary N) is 1. The van der Waals surface area contributed by atoms with E-state index in [2.05, 4.69) is 15.5 Å². The number of rotatable bonds is 6. The number of pyridine rings is 1. The Bertz CT molecular complexity index is 632. The minimum Gasteiger partial charge on any atom is -0.370 e. The lowest BCUT2D eigenvalue weighted by atomic mass is 10.1. The molecule has 21 heavy (non-hydrogen) atoms. The predicted molar refractivity (Wildman–Crippen MR) is 78.4 cm³/mol. The van der Waals surface area contributed by atoms with E-state index in [1.807, 2.05) is 13.8 Å². The van der Waals surface area contributed by atoms with E-state index in [9.17, 15) is 10.1 Å². The summed E-state index contributed by atoms with van der Waals surface area (Å²) in [7, 11) is 0. The van der Waals surface area contributed by atoms with E-state index in [0.717, 1.165) is 42.0 Å². The van der Waals surface area contributed by atoms with Crippen LogP contribution in [0.4, 0.5) is 11.5 Å². The second-order valence-corrected chi connectivity index (χ2v) is 4.95. The molecule has 0 spiro atoms. The fourth-order valence-electron chi connectivity index (χ4n) is 2.18. The summed E-state index contributed by atoms with van der Waals surface area (Å²) >= 11 is 0. The van der Waals surface area contributed by atoms with Gasteiger partial charge in [-0.15, -0.1) is 0 Å². The lowest BCUT2D eigenvalue weighted by molar-refractivity contribution is -0.385. The Kier molecular flexibility index (Phi) is 4.52. The highest BCUT2D eigenvalue weighted by Crippen LogP contribution is 2.18. The minimum absolute atomic E-state index is 0.00812. The molecular weight excluding hydrogens is 272 g/mol. The maximum Gasteiger partial charge on any atom is 0.287 e. The van der Waals surface area contributed by atoms with Crippen LogP contribution in [0.5, 0.6) is 0 Å². The third-order valence-corrected chi connectivity index (χ3v) is 3.35. The number of anilines is 1. The van der Waals surface area contributed by atoms with Gasteiger partial charge in [0.05, 0.1) is 10.6 Å². The molecule has 2 aromatic heterocycles. The van der Waals surface area contributed by atoms with Gasteiger partial charge in [0.1, 0.15) is 17.8 Å². The van der Waals surface area contributed by atoms with Gasteiger partial charge in [-0.3, -0.25) is 10.1 Å². The van der Waals surface area contributed by atoms with Gasteiger partial charge in [0.2, 0.25) is 0 Å². The lowest BCUT2D eigenvalue weighted by Crippen LogP contribution is -2.07. The van der Waals surface area contributed by atoms with E-state index in [-0.39, 0.29) is 5.69 Å². The predicted octanol–water partition coefficient (Wildman–Crippen LogP) is 2.95. The molecular formula is C14H18N4O3. The minimum atomic E-state index is -0.443. The van der Waals surface area contributed by atoms with E-state index < -0.39 is 4.92 Å². The zero-order chi connectivity index (χ0) is 15.4. The van der Waals surface area contributed by atoms with Gasteiger partial charge >= 0.3 is 0 Å². The molecule has 0 aliphatic rings. The van der Waals surface area contributed by atoms with Gasteiger partial charge in [-0.1, -0.05) is 5.16 Å². The molecule has 112 valence electrons. The van der Waals surface area contributed by atoms with Crippen molar-refractivity contribution in [1.82, 2.24) is 10.1 Å². The summed E-state index contributed by atoms with van der Waals surface area (Å²) in [5, 5.41) is 17.8. The molecule has 0 amide bonds. The van der Waals surface area contributed by atoms with Crippen LogP contribution < -0.4 is 5.32 Å². The molecule has 0 fully saturated rings. The Balaban J connectivity index is 1.88. The highest BCUT2D eigenvalue weighted by molar-refractivity contribution is 5.48. The molecule has 0 atom stereocenters. The second-order valence-electron chi connectivity index (χ2n) is 4.95. The summed E-state index contributed by atoms with van der Waals surface area (Å²) in [6.45, 7) is 6.37. The molecule has 0 aromatic carbocycles. The Labute approximate surface area is 122 Å². The topological polar surface area (TPSA) is 94.1 Å². The molecule has 0 aliphatic heterocycles. The molecule has 7 nitrogen and oxygen atoms in total. The zero-order valence-electron chi connectivity index (χ0n) is 12.3. The third-order valence-electron chi connectivity index (χ3n) is 3.35. The van der Waals surface area contributed by atoms with Crippen LogP contribution in [-0.4, -0.2) is 21.6 Å².